The monoisotopic (exact) mass is 342 g/mol. The molecule has 0 aliphatic carbocycles. The minimum absolute atomic E-state index is 0.0199. The summed E-state index contributed by atoms with van der Waals surface area (Å²) in [5.74, 6) is 0.0580. The van der Waals surface area contributed by atoms with Crippen LogP contribution in [0, 0.1) is 6.92 Å². The van der Waals surface area contributed by atoms with Gasteiger partial charge in [-0.3, -0.25) is 9.59 Å². The average molecular weight is 342 g/mol. The Kier molecular flexibility index (Phi) is 6.59. The molecule has 1 aromatic heterocycles. The summed E-state index contributed by atoms with van der Waals surface area (Å²) in [5.41, 5.74) is 2.16. The van der Waals surface area contributed by atoms with Crippen LogP contribution in [0.2, 0.25) is 0 Å². The molecule has 132 valence electrons. The highest BCUT2D eigenvalue weighted by atomic mass is 16.5. The molecule has 0 unspecified atom stereocenters. The topological polar surface area (TPSA) is 93.2 Å². The summed E-state index contributed by atoms with van der Waals surface area (Å²) in [6.45, 7) is 4.60. The van der Waals surface area contributed by atoms with Crippen molar-refractivity contribution in [3.8, 4) is 0 Å². The first-order valence-electron chi connectivity index (χ1n) is 8.00. The maximum Gasteiger partial charge on any atom is 0.274 e. The van der Waals surface area contributed by atoms with Crippen LogP contribution in [-0.4, -0.2) is 41.9 Å². The molecule has 25 heavy (non-hydrogen) atoms. The molecule has 1 heterocycles. The van der Waals surface area contributed by atoms with E-state index in [4.69, 9.17) is 4.74 Å². The molecule has 0 spiro atoms. The molecule has 0 aliphatic heterocycles. The summed E-state index contributed by atoms with van der Waals surface area (Å²) in [7, 11) is 1.65. The number of benzene rings is 1. The number of ketones is 1. The Morgan fingerprint density at radius 2 is 1.88 bits per heavy atom. The molecule has 2 rings (SSSR count). The number of amides is 1. The van der Waals surface area contributed by atoms with Crippen LogP contribution < -0.4 is 10.6 Å². The molecular formula is C18H22N4O3. The van der Waals surface area contributed by atoms with Gasteiger partial charge in [0.2, 0.25) is 5.95 Å². The van der Waals surface area contributed by atoms with Gasteiger partial charge in [-0.2, -0.15) is 0 Å². The summed E-state index contributed by atoms with van der Waals surface area (Å²) in [4.78, 5) is 32.2. The first-order chi connectivity index (χ1) is 12.0. The molecule has 1 amide bonds. The third kappa shape index (κ3) is 5.65. The molecule has 0 bridgehead atoms. The highest BCUT2D eigenvalue weighted by molar-refractivity contribution is 6.03. The third-order valence-electron chi connectivity index (χ3n) is 3.44. The fourth-order valence-corrected chi connectivity index (χ4v) is 2.16. The summed E-state index contributed by atoms with van der Waals surface area (Å²) in [6.07, 6.45) is 0.817. The van der Waals surface area contributed by atoms with Crippen LogP contribution in [0.25, 0.3) is 0 Å². The predicted molar refractivity (Wildman–Crippen MR) is 96.2 cm³/mol. The molecule has 0 saturated carbocycles. The largest absolute Gasteiger partial charge is 0.385 e. The summed E-state index contributed by atoms with van der Waals surface area (Å²) in [6, 6.07) is 8.34. The van der Waals surface area contributed by atoms with Gasteiger partial charge >= 0.3 is 0 Å². The number of aryl methyl sites for hydroxylation is 1. The van der Waals surface area contributed by atoms with Crippen molar-refractivity contribution in [2.24, 2.45) is 0 Å². The smallest absolute Gasteiger partial charge is 0.274 e. The maximum absolute atomic E-state index is 12.4. The highest BCUT2D eigenvalue weighted by Gasteiger charge is 2.11. The molecule has 1 aromatic carbocycles. The van der Waals surface area contributed by atoms with Crippen molar-refractivity contribution in [2.45, 2.75) is 20.3 Å². The van der Waals surface area contributed by atoms with Gasteiger partial charge in [-0.25, -0.2) is 9.97 Å². The minimum Gasteiger partial charge on any atom is -0.385 e. The van der Waals surface area contributed by atoms with Gasteiger partial charge < -0.3 is 15.4 Å². The van der Waals surface area contributed by atoms with E-state index in [1.807, 2.05) is 0 Å². The number of carbonyl (C=O) groups excluding carboxylic acids is 2. The van der Waals surface area contributed by atoms with Crippen molar-refractivity contribution < 1.29 is 14.3 Å². The van der Waals surface area contributed by atoms with E-state index in [-0.39, 0.29) is 17.4 Å². The lowest BCUT2D eigenvalue weighted by molar-refractivity contribution is 0.101. The molecule has 0 aliphatic rings. The quantitative estimate of drug-likeness (QED) is 0.566. The lowest BCUT2D eigenvalue weighted by Gasteiger charge is -2.09. The van der Waals surface area contributed by atoms with E-state index >= 15 is 0 Å². The number of anilines is 2. The van der Waals surface area contributed by atoms with E-state index in [9.17, 15) is 9.59 Å². The van der Waals surface area contributed by atoms with Crippen molar-refractivity contribution in [1.29, 1.82) is 0 Å². The fraction of sp³-hybridized carbons (Fsp3) is 0.333. The molecule has 7 heteroatoms. The van der Waals surface area contributed by atoms with Gasteiger partial charge in [-0.1, -0.05) is 0 Å². The predicted octanol–water partition coefficient (Wildman–Crippen LogP) is 2.69. The Balaban J connectivity index is 2.05. The standard InChI is InChI=1S/C18H22N4O3/c1-12-11-16(22-18(20-12)19-9-4-10-25-3)17(24)21-15-7-5-14(6-8-15)13(2)23/h5-8,11H,4,9-10H2,1-3H3,(H,21,24)(H,19,20,22). The van der Waals surface area contributed by atoms with Crippen LogP contribution in [-0.2, 0) is 4.74 Å². The molecule has 0 fully saturated rings. The van der Waals surface area contributed by atoms with E-state index in [1.54, 1.807) is 44.4 Å². The Morgan fingerprint density at radius 1 is 1.16 bits per heavy atom. The lowest BCUT2D eigenvalue weighted by Crippen LogP contribution is -2.16. The minimum atomic E-state index is -0.332. The average Bonchev–Trinajstić information content (AvgIpc) is 2.58. The summed E-state index contributed by atoms with van der Waals surface area (Å²) >= 11 is 0. The number of carbonyl (C=O) groups is 2. The van der Waals surface area contributed by atoms with Gasteiger partial charge in [0.15, 0.2) is 5.78 Å². The van der Waals surface area contributed by atoms with Gasteiger partial charge in [-0.15, -0.1) is 0 Å². The number of nitrogens with zero attached hydrogens (tertiary/aromatic N) is 2. The van der Waals surface area contributed by atoms with Crippen LogP contribution in [0.5, 0.6) is 0 Å². The highest BCUT2D eigenvalue weighted by Crippen LogP contribution is 2.12. The molecule has 2 aromatic rings. The number of methoxy groups -OCH3 is 1. The molecule has 0 saturated heterocycles. The van der Waals surface area contributed by atoms with E-state index in [0.29, 0.717) is 36.0 Å². The van der Waals surface area contributed by atoms with E-state index in [2.05, 4.69) is 20.6 Å². The van der Waals surface area contributed by atoms with E-state index in [1.165, 1.54) is 6.92 Å². The summed E-state index contributed by atoms with van der Waals surface area (Å²) in [5, 5.41) is 5.85. The second kappa shape index (κ2) is 8.89. The summed E-state index contributed by atoms with van der Waals surface area (Å²) < 4.78 is 4.99. The van der Waals surface area contributed by atoms with Gasteiger partial charge in [-0.05, 0) is 50.6 Å². The lowest BCUT2D eigenvalue weighted by atomic mass is 10.1. The molecule has 2 N–H and O–H groups in total. The van der Waals surface area contributed by atoms with E-state index < -0.39 is 0 Å². The SMILES string of the molecule is COCCCNc1nc(C)cc(C(=O)Nc2ccc(C(C)=O)cc2)n1. The van der Waals surface area contributed by atoms with Crippen LogP contribution >= 0.6 is 0 Å². The zero-order valence-corrected chi connectivity index (χ0v) is 14.6. The van der Waals surface area contributed by atoms with Crippen LogP contribution in [0.15, 0.2) is 30.3 Å². The molecule has 0 radical (unpaired) electrons. The number of Topliss-reactive ketones (excluding diaryl/α,β-unsaturated/α-hetero) is 1. The van der Waals surface area contributed by atoms with Gasteiger partial charge in [0.05, 0.1) is 0 Å². The molecule has 7 nitrogen and oxygen atoms in total. The van der Waals surface area contributed by atoms with Crippen LogP contribution in [0.4, 0.5) is 11.6 Å². The second-order valence-corrected chi connectivity index (χ2v) is 5.58. The Morgan fingerprint density at radius 3 is 2.52 bits per heavy atom. The number of hydrogen-bond donors (Lipinski definition) is 2. The number of aromatic nitrogens is 2. The van der Waals surface area contributed by atoms with Crippen molar-refractivity contribution in [1.82, 2.24) is 9.97 Å². The number of nitrogens with one attached hydrogen (secondary N) is 2. The fourth-order valence-electron chi connectivity index (χ4n) is 2.16. The van der Waals surface area contributed by atoms with Crippen molar-refractivity contribution in [3.63, 3.8) is 0 Å². The van der Waals surface area contributed by atoms with Crippen LogP contribution in [0.1, 0.15) is 39.9 Å². The van der Waals surface area contributed by atoms with Gasteiger partial charge in [0.1, 0.15) is 5.69 Å². The normalized spacial score (nSPS) is 10.4. The van der Waals surface area contributed by atoms with Crippen molar-refractivity contribution in [2.75, 3.05) is 30.9 Å². The van der Waals surface area contributed by atoms with Gasteiger partial charge in [0.25, 0.3) is 5.91 Å². The Bertz CT molecular complexity index is 744. The third-order valence-corrected chi connectivity index (χ3v) is 3.44. The number of ether oxygens (including phenoxy) is 1. The van der Waals surface area contributed by atoms with E-state index in [0.717, 1.165) is 6.42 Å². The maximum atomic E-state index is 12.4. The second-order valence-electron chi connectivity index (χ2n) is 5.58. The zero-order valence-electron chi connectivity index (χ0n) is 14.6. The molecule has 0 atom stereocenters. The first kappa shape index (κ1) is 18.5. The van der Waals surface area contributed by atoms with Crippen molar-refractivity contribution >= 4 is 23.3 Å². The Hall–Kier alpha value is -2.80. The first-order valence-corrected chi connectivity index (χ1v) is 8.00. The number of hydrogen-bond acceptors (Lipinski definition) is 6. The molecular weight excluding hydrogens is 320 g/mol. The Labute approximate surface area is 146 Å². The van der Waals surface area contributed by atoms with Crippen LogP contribution in [0.3, 0.4) is 0 Å². The van der Waals surface area contributed by atoms with Crippen molar-refractivity contribution in [3.05, 3.63) is 47.3 Å². The zero-order chi connectivity index (χ0) is 18.2. The number of rotatable bonds is 8. The van der Waals surface area contributed by atoms with Gasteiger partial charge in [0, 0.05) is 37.2 Å².